The summed E-state index contributed by atoms with van der Waals surface area (Å²) in [5.41, 5.74) is 0.549. The number of carbonyl (C=O) groups is 1. The quantitative estimate of drug-likeness (QED) is 0.856. The van der Waals surface area contributed by atoms with Crippen LogP contribution in [0.3, 0.4) is 0 Å². The Balaban J connectivity index is 2.10. The van der Waals surface area contributed by atoms with E-state index in [1.54, 1.807) is 12.1 Å². The summed E-state index contributed by atoms with van der Waals surface area (Å²) in [4.78, 5) is 11.1. The third-order valence-corrected chi connectivity index (χ3v) is 4.57. The monoisotopic (exact) mass is 296 g/mol. The SMILES string of the molecule is O=C(O)CC1(CC(O)c2ccc(Cl)cc2)CCCCC1. The number of aliphatic carboxylic acids is 1. The molecule has 1 fully saturated rings. The minimum atomic E-state index is -0.768. The lowest BCUT2D eigenvalue weighted by molar-refractivity contribution is -0.141. The molecule has 110 valence electrons. The number of rotatable bonds is 5. The molecule has 1 aromatic carbocycles. The molecule has 1 unspecified atom stereocenters. The normalized spacial score (nSPS) is 19.5. The van der Waals surface area contributed by atoms with Crippen LogP contribution >= 0.6 is 11.6 Å². The minimum Gasteiger partial charge on any atom is -0.481 e. The first-order valence-electron chi connectivity index (χ1n) is 7.16. The van der Waals surface area contributed by atoms with Gasteiger partial charge in [0.1, 0.15) is 0 Å². The van der Waals surface area contributed by atoms with Crippen LogP contribution in [0.5, 0.6) is 0 Å². The van der Waals surface area contributed by atoms with Crippen molar-refractivity contribution in [3.05, 3.63) is 34.9 Å². The predicted octanol–water partition coefficient (Wildman–Crippen LogP) is 4.19. The van der Waals surface area contributed by atoms with Gasteiger partial charge in [-0.3, -0.25) is 4.79 Å². The first-order chi connectivity index (χ1) is 9.51. The molecule has 2 N–H and O–H groups in total. The maximum atomic E-state index is 11.1. The van der Waals surface area contributed by atoms with Crippen LogP contribution in [-0.4, -0.2) is 16.2 Å². The van der Waals surface area contributed by atoms with E-state index < -0.39 is 12.1 Å². The van der Waals surface area contributed by atoms with Gasteiger partial charge in [0.2, 0.25) is 0 Å². The van der Waals surface area contributed by atoms with Crippen molar-refractivity contribution in [1.29, 1.82) is 0 Å². The van der Waals surface area contributed by atoms with Gasteiger partial charge in [-0.15, -0.1) is 0 Å². The molecule has 2 rings (SSSR count). The Morgan fingerprint density at radius 1 is 1.20 bits per heavy atom. The molecule has 0 bridgehead atoms. The van der Waals surface area contributed by atoms with Crippen LogP contribution in [0.25, 0.3) is 0 Å². The van der Waals surface area contributed by atoms with Crippen molar-refractivity contribution >= 4 is 17.6 Å². The second-order valence-corrected chi connectivity index (χ2v) is 6.34. The number of aliphatic hydroxyl groups excluding tert-OH is 1. The number of benzene rings is 1. The van der Waals surface area contributed by atoms with Crippen molar-refractivity contribution in [1.82, 2.24) is 0 Å². The van der Waals surface area contributed by atoms with Gasteiger partial charge in [-0.1, -0.05) is 43.0 Å². The van der Waals surface area contributed by atoms with E-state index in [1.165, 1.54) is 6.42 Å². The smallest absolute Gasteiger partial charge is 0.303 e. The Morgan fingerprint density at radius 3 is 2.35 bits per heavy atom. The number of halogens is 1. The molecule has 0 aromatic heterocycles. The van der Waals surface area contributed by atoms with Crippen LogP contribution in [0.15, 0.2) is 24.3 Å². The molecular weight excluding hydrogens is 276 g/mol. The lowest BCUT2D eigenvalue weighted by atomic mass is 9.68. The number of hydrogen-bond acceptors (Lipinski definition) is 2. The van der Waals surface area contributed by atoms with E-state index in [-0.39, 0.29) is 11.8 Å². The molecule has 1 atom stereocenters. The predicted molar refractivity (Wildman–Crippen MR) is 78.8 cm³/mol. The van der Waals surface area contributed by atoms with Gasteiger partial charge >= 0.3 is 5.97 Å². The van der Waals surface area contributed by atoms with Crippen molar-refractivity contribution in [2.24, 2.45) is 5.41 Å². The summed E-state index contributed by atoms with van der Waals surface area (Å²) in [5, 5.41) is 20.2. The zero-order chi connectivity index (χ0) is 14.6. The summed E-state index contributed by atoms with van der Waals surface area (Å²) in [7, 11) is 0. The molecule has 4 heteroatoms. The topological polar surface area (TPSA) is 57.5 Å². The first-order valence-corrected chi connectivity index (χ1v) is 7.54. The Labute approximate surface area is 124 Å². The van der Waals surface area contributed by atoms with Crippen LogP contribution in [0, 0.1) is 5.41 Å². The Kier molecular flexibility index (Phi) is 5.06. The largest absolute Gasteiger partial charge is 0.481 e. The molecule has 0 amide bonds. The van der Waals surface area contributed by atoms with E-state index in [2.05, 4.69) is 0 Å². The van der Waals surface area contributed by atoms with Gasteiger partial charge in [0.25, 0.3) is 0 Å². The third kappa shape index (κ3) is 3.97. The van der Waals surface area contributed by atoms with E-state index in [1.807, 2.05) is 12.1 Å². The third-order valence-electron chi connectivity index (χ3n) is 4.32. The van der Waals surface area contributed by atoms with Crippen LogP contribution < -0.4 is 0 Å². The molecule has 0 heterocycles. The van der Waals surface area contributed by atoms with Gasteiger partial charge < -0.3 is 10.2 Å². The second kappa shape index (κ2) is 6.59. The number of hydrogen-bond donors (Lipinski definition) is 2. The van der Waals surface area contributed by atoms with Crippen LogP contribution in [0.2, 0.25) is 5.02 Å². The second-order valence-electron chi connectivity index (χ2n) is 5.90. The zero-order valence-electron chi connectivity index (χ0n) is 11.5. The summed E-state index contributed by atoms with van der Waals surface area (Å²) in [5.74, 6) is -0.768. The molecule has 1 aliphatic rings. The summed E-state index contributed by atoms with van der Waals surface area (Å²) in [6.45, 7) is 0. The number of aliphatic hydroxyl groups is 1. The molecular formula is C16H21ClO3. The fraction of sp³-hybridized carbons (Fsp3) is 0.562. The van der Waals surface area contributed by atoms with Gasteiger partial charge in [0.15, 0.2) is 0 Å². The summed E-state index contributed by atoms with van der Waals surface area (Å²) in [6.07, 6.45) is 5.11. The van der Waals surface area contributed by atoms with Crippen molar-refractivity contribution in [2.45, 2.75) is 51.0 Å². The van der Waals surface area contributed by atoms with Crippen LogP contribution in [0.4, 0.5) is 0 Å². The fourth-order valence-corrected chi connectivity index (χ4v) is 3.41. The van der Waals surface area contributed by atoms with Crippen molar-refractivity contribution in [2.75, 3.05) is 0 Å². The molecule has 1 aromatic rings. The lowest BCUT2D eigenvalue weighted by Crippen LogP contribution is -2.29. The van der Waals surface area contributed by atoms with E-state index in [0.717, 1.165) is 31.2 Å². The molecule has 1 aliphatic carbocycles. The van der Waals surface area contributed by atoms with E-state index in [4.69, 9.17) is 16.7 Å². The summed E-state index contributed by atoms with van der Waals surface area (Å²) < 4.78 is 0. The molecule has 0 saturated heterocycles. The Hall–Kier alpha value is -1.06. The maximum absolute atomic E-state index is 11.1. The molecule has 0 spiro atoms. The average molecular weight is 297 g/mol. The molecule has 3 nitrogen and oxygen atoms in total. The maximum Gasteiger partial charge on any atom is 0.303 e. The molecule has 20 heavy (non-hydrogen) atoms. The highest BCUT2D eigenvalue weighted by Crippen LogP contribution is 2.45. The standard InChI is InChI=1S/C16H21ClO3/c17-13-6-4-12(5-7-13)14(18)10-16(11-15(19)20)8-2-1-3-9-16/h4-7,14,18H,1-3,8-11H2,(H,19,20). The summed E-state index contributed by atoms with van der Waals surface area (Å²) >= 11 is 5.85. The van der Waals surface area contributed by atoms with Gasteiger partial charge in [0.05, 0.1) is 12.5 Å². The number of carboxylic acids is 1. The number of carboxylic acid groups (broad SMARTS) is 1. The fourth-order valence-electron chi connectivity index (χ4n) is 3.29. The highest BCUT2D eigenvalue weighted by molar-refractivity contribution is 6.30. The van der Waals surface area contributed by atoms with Crippen molar-refractivity contribution < 1.29 is 15.0 Å². The molecule has 0 radical (unpaired) electrons. The molecule has 0 aliphatic heterocycles. The van der Waals surface area contributed by atoms with E-state index in [0.29, 0.717) is 11.4 Å². The van der Waals surface area contributed by atoms with Crippen molar-refractivity contribution in [3.8, 4) is 0 Å². The summed E-state index contributed by atoms with van der Waals surface area (Å²) in [6, 6.07) is 7.13. The lowest BCUT2D eigenvalue weighted by Gasteiger charge is -2.37. The Morgan fingerprint density at radius 2 is 1.80 bits per heavy atom. The Bertz CT molecular complexity index is 449. The zero-order valence-corrected chi connectivity index (χ0v) is 12.3. The van der Waals surface area contributed by atoms with Gasteiger partial charge in [-0.2, -0.15) is 0 Å². The first kappa shape index (κ1) is 15.3. The highest BCUT2D eigenvalue weighted by atomic mass is 35.5. The van der Waals surface area contributed by atoms with Gasteiger partial charge in [-0.05, 0) is 42.4 Å². The highest BCUT2D eigenvalue weighted by Gasteiger charge is 2.36. The minimum absolute atomic E-state index is 0.150. The van der Waals surface area contributed by atoms with Crippen LogP contribution in [0.1, 0.15) is 56.6 Å². The van der Waals surface area contributed by atoms with E-state index >= 15 is 0 Å². The van der Waals surface area contributed by atoms with E-state index in [9.17, 15) is 9.90 Å². The van der Waals surface area contributed by atoms with Gasteiger partial charge in [-0.25, -0.2) is 0 Å². The van der Waals surface area contributed by atoms with Crippen LogP contribution in [-0.2, 0) is 4.79 Å². The molecule has 1 saturated carbocycles. The average Bonchev–Trinajstić information content (AvgIpc) is 2.39. The van der Waals surface area contributed by atoms with Gasteiger partial charge in [0, 0.05) is 5.02 Å². The van der Waals surface area contributed by atoms with Crippen molar-refractivity contribution in [3.63, 3.8) is 0 Å².